The number of amides is 1. The van der Waals surface area contributed by atoms with Gasteiger partial charge in [-0.2, -0.15) is 5.10 Å². The number of benzene rings is 1. The van der Waals surface area contributed by atoms with Crippen LogP contribution in [0.3, 0.4) is 0 Å². The summed E-state index contributed by atoms with van der Waals surface area (Å²) in [5.74, 6) is 1.99. The quantitative estimate of drug-likeness (QED) is 0.802. The van der Waals surface area contributed by atoms with Crippen LogP contribution < -0.4 is 10.6 Å². The summed E-state index contributed by atoms with van der Waals surface area (Å²) in [4.78, 5) is 13.3. The molecule has 6 nitrogen and oxygen atoms in total. The lowest BCUT2D eigenvalue weighted by atomic mass is 9.88. The highest BCUT2D eigenvalue weighted by Gasteiger charge is 2.39. The van der Waals surface area contributed by atoms with Crippen molar-refractivity contribution in [2.24, 2.45) is 0 Å². The molecule has 2 aliphatic rings. The average molecular weight is 415 g/mol. The van der Waals surface area contributed by atoms with E-state index in [1.165, 1.54) is 5.56 Å². The summed E-state index contributed by atoms with van der Waals surface area (Å²) in [5, 5.41) is 11.4. The SMILES string of the molecule is CCC1(NC(=O)c2cnn3c2NC(c2ccccc2)CC3(C)C)CCS(=O)CC1. The van der Waals surface area contributed by atoms with Gasteiger partial charge in [0.1, 0.15) is 11.4 Å². The van der Waals surface area contributed by atoms with Crippen LogP contribution in [0.25, 0.3) is 0 Å². The van der Waals surface area contributed by atoms with Crippen LogP contribution >= 0.6 is 0 Å². The van der Waals surface area contributed by atoms with Crippen LogP contribution in [0.1, 0.15) is 68.4 Å². The number of nitrogens with zero attached hydrogens (tertiary/aromatic N) is 2. The predicted molar refractivity (Wildman–Crippen MR) is 117 cm³/mol. The molecule has 2 aliphatic heterocycles. The highest BCUT2D eigenvalue weighted by Crippen LogP contribution is 2.40. The maximum Gasteiger partial charge on any atom is 0.257 e. The molecule has 0 spiro atoms. The van der Waals surface area contributed by atoms with Gasteiger partial charge in [-0.05, 0) is 45.1 Å². The number of nitrogens with one attached hydrogen (secondary N) is 2. The first kappa shape index (κ1) is 20.1. The summed E-state index contributed by atoms with van der Waals surface area (Å²) in [7, 11) is -0.758. The summed E-state index contributed by atoms with van der Waals surface area (Å²) in [6.07, 6.45) is 4.92. The third-order valence-corrected chi connectivity index (χ3v) is 7.79. The number of carbonyl (C=O) groups is 1. The average Bonchev–Trinajstić information content (AvgIpc) is 3.15. The normalized spacial score (nSPS) is 28.2. The van der Waals surface area contributed by atoms with Gasteiger partial charge in [-0.3, -0.25) is 9.00 Å². The van der Waals surface area contributed by atoms with Crippen LogP contribution in [-0.2, 0) is 16.3 Å². The Labute approximate surface area is 174 Å². The Kier molecular flexibility index (Phi) is 5.27. The van der Waals surface area contributed by atoms with Crippen molar-refractivity contribution in [3.63, 3.8) is 0 Å². The van der Waals surface area contributed by atoms with Crippen molar-refractivity contribution in [1.82, 2.24) is 15.1 Å². The molecule has 3 heterocycles. The fraction of sp³-hybridized carbons (Fsp3) is 0.545. The number of rotatable bonds is 4. The molecular weight excluding hydrogens is 384 g/mol. The summed E-state index contributed by atoms with van der Waals surface area (Å²) in [6, 6.07) is 10.5. The minimum atomic E-state index is -0.758. The van der Waals surface area contributed by atoms with Crippen LogP contribution in [0, 0.1) is 0 Å². The van der Waals surface area contributed by atoms with Crippen molar-refractivity contribution < 1.29 is 9.00 Å². The minimum absolute atomic E-state index is 0.0993. The molecule has 1 atom stereocenters. The van der Waals surface area contributed by atoms with Crippen molar-refractivity contribution >= 4 is 22.5 Å². The van der Waals surface area contributed by atoms with Gasteiger partial charge in [-0.1, -0.05) is 37.3 Å². The fourth-order valence-electron chi connectivity index (χ4n) is 4.52. The lowest BCUT2D eigenvalue weighted by molar-refractivity contribution is 0.0887. The van der Waals surface area contributed by atoms with Gasteiger partial charge in [0.2, 0.25) is 0 Å². The van der Waals surface area contributed by atoms with Crippen molar-refractivity contribution in [1.29, 1.82) is 0 Å². The monoisotopic (exact) mass is 414 g/mol. The summed E-state index contributed by atoms with van der Waals surface area (Å²) in [5.41, 5.74) is 1.31. The third kappa shape index (κ3) is 3.84. The lowest BCUT2D eigenvalue weighted by Gasteiger charge is -2.39. The van der Waals surface area contributed by atoms with E-state index < -0.39 is 10.8 Å². The number of fused-ring (bicyclic) bond motifs is 1. The number of carbonyl (C=O) groups excluding carboxylic acids is 1. The summed E-state index contributed by atoms with van der Waals surface area (Å²) < 4.78 is 13.7. The van der Waals surface area contributed by atoms with Gasteiger partial charge in [0.05, 0.1) is 17.8 Å². The second-order valence-electron chi connectivity index (χ2n) is 8.88. The van der Waals surface area contributed by atoms with Crippen molar-refractivity contribution in [3.05, 3.63) is 47.7 Å². The molecule has 0 aliphatic carbocycles. The fourth-order valence-corrected chi connectivity index (χ4v) is 5.96. The molecule has 0 bridgehead atoms. The molecule has 1 aromatic heterocycles. The van der Waals surface area contributed by atoms with E-state index in [9.17, 15) is 9.00 Å². The molecule has 2 N–H and O–H groups in total. The highest BCUT2D eigenvalue weighted by atomic mass is 32.2. The molecule has 2 aromatic rings. The summed E-state index contributed by atoms with van der Waals surface area (Å²) in [6.45, 7) is 6.41. The second-order valence-corrected chi connectivity index (χ2v) is 10.6. The van der Waals surface area contributed by atoms with Crippen molar-refractivity contribution in [2.75, 3.05) is 16.8 Å². The van der Waals surface area contributed by atoms with E-state index in [0.717, 1.165) is 31.5 Å². The Morgan fingerprint density at radius 3 is 2.62 bits per heavy atom. The molecule has 0 radical (unpaired) electrons. The third-order valence-electron chi connectivity index (χ3n) is 6.48. The lowest BCUT2D eigenvalue weighted by Crippen LogP contribution is -2.52. The van der Waals surface area contributed by atoms with Gasteiger partial charge in [0.15, 0.2) is 0 Å². The maximum absolute atomic E-state index is 13.3. The van der Waals surface area contributed by atoms with E-state index in [4.69, 9.17) is 0 Å². The molecular formula is C22H30N4O2S. The molecule has 7 heteroatoms. The number of anilines is 1. The van der Waals surface area contributed by atoms with Crippen molar-refractivity contribution in [3.8, 4) is 0 Å². The van der Waals surface area contributed by atoms with Crippen LogP contribution in [0.15, 0.2) is 36.5 Å². The molecule has 1 unspecified atom stereocenters. The predicted octanol–water partition coefficient (Wildman–Crippen LogP) is 3.60. The van der Waals surface area contributed by atoms with Gasteiger partial charge < -0.3 is 10.6 Å². The zero-order valence-electron chi connectivity index (χ0n) is 17.4. The zero-order valence-corrected chi connectivity index (χ0v) is 18.2. The minimum Gasteiger partial charge on any atom is -0.363 e. The van der Waals surface area contributed by atoms with Gasteiger partial charge in [-0.15, -0.1) is 0 Å². The Bertz CT molecular complexity index is 912. The first-order valence-electron chi connectivity index (χ1n) is 10.4. The molecule has 1 saturated heterocycles. The molecule has 1 amide bonds. The van der Waals surface area contributed by atoms with E-state index in [1.807, 2.05) is 22.9 Å². The highest BCUT2D eigenvalue weighted by molar-refractivity contribution is 7.85. The molecule has 29 heavy (non-hydrogen) atoms. The second kappa shape index (κ2) is 7.59. The Morgan fingerprint density at radius 1 is 1.28 bits per heavy atom. The van der Waals surface area contributed by atoms with Gasteiger partial charge in [0.25, 0.3) is 5.91 Å². The van der Waals surface area contributed by atoms with Crippen LogP contribution in [-0.4, -0.2) is 36.9 Å². The number of hydrogen-bond acceptors (Lipinski definition) is 4. The standard InChI is InChI=1S/C22H30N4O2S/c1-4-22(10-12-29(28)13-11-22)25-20(27)17-15-23-26-19(17)24-18(14-21(26,2)3)16-8-6-5-7-9-16/h5-9,15,18,24H,4,10-14H2,1-3H3,(H,25,27). The first-order valence-corrected chi connectivity index (χ1v) is 11.9. The number of aromatic nitrogens is 2. The van der Waals surface area contributed by atoms with Gasteiger partial charge >= 0.3 is 0 Å². The van der Waals surface area contributed by atoms with E-state index >= 15 is 0 Å². The smallest absolute Gasteiger partial charge is 0.257 e. The molecule has 156 valence electrons. The molecule has 1 aromatic carbocycles. The van der Waals surface area contributed by atoms with E-state index in [0.29, 0.717) is 17.1 Å². The van der Waals surface area contributed by atoms with Crippen LogP contribution in [0.4, 0.5) is 5.82 Å². The molecule has 4 rings (SSSR count). The first-order chi connectivity index (χ1) is 13.8. The Hall–Kier alpha value is -2.15. The number of hydrogen-bond donors (Lipinski definition) is 2. The van der Waals surface area contributed by atoms with E-state index in [-0.39, 0.29) is 23.0 Å². The van der Waals surface area contributed by atoms with E-state index in [2.05, 4.69) is 48.6 Å². The maximum atomic E-state index is 13.3. The zero-order chi connectivity index (χ0) is 20.6. The van der Waals surface area contributed by atoms with E-state index in [1.54, 1.807) is 6.20 Å². The van der Waals surface area contributed by atoms with Crippen LogP contribution in [0.5, 0.6) is 0 Å². The molecule has 0 saturated carbocycles. The van der Waals surface area contributed by atoms with Crippen molar-refractivity contribution in [2.45, 2.75) is 63.6 Å². The molecule has 1 fully saturated rings. The largest absolute Gasteiger partial charge is 0.363 e. The topological polar surface area (TPSA) is 76.0 Å². The summed E-state index contributed by atoms with van der Waals surface area (Å²) >= 11 is 0. The Balaban J connectivity index is 1.61. The van der Waals surface area contributed by atoms with Gasteiger partial charge in [0, 0.05) is 27.8 Å². The Morgan fingerprint density at radius 2 is 1.97 bits per heavy atom. The van der Waals surface area contributed by atoms with Gasteiger partial charge in [-0.25, -0.2) is 4.68 Å². The van der Waals surface area contributed by atoms with Crippen LogP contribution in [0.2, 0.25) is 0 Å².